The summed E-state index contributed by atoms with van der Waals surface area (Å²) in [4.78, 5) is 28.5. The number of hydrogen-bond donors (Lipinski definition) is 1. The Morgan fingerprint density at radius 2 is 1.93 bits per heavy atom. The summed E-state index contributed by atoms with van der Waals surface area (Å²) in [6, 6.07) is 18.9. The summed E-state index contributed by atoms with van der Waals surface area (Å²) < 4.78 is 5.16. The number of nitrogens with one attached hydrogen (secondary N) is 1. The maximum absolute atomic E-state index is 12.9. The minimum atomic E-state index is -0.272. The van der Waals surface area contributed by atoms with Gasteiger partial charge in [-0.25, -0.2) is 0 Å². The standard InChI is InChI=1S/C23H22N2O3S/c1-28-18-10-8-16(9-11-18)14-24-22(26)13-20(21-7-4-12-29-21)25-15-17-5-2-3-6-19(17)23(25)27/h2-12,20H,13-15H2,1H3,(H,24,26). The van der Waals surface area contributed by atoms with Crippen LogP contribution in [0.4, 0.5) is 0 Å². The second kappa shape index (κ2) is 8.49. The highest BCUT2D eigenvalue weighted by Gasteiger charge is 2.34. The fourth-order valence-corrected chi connectivity index (χ4v) is 4.40. The molecule has 5 nitrogen and oxygen atoms in total. The first kappa shape index (κ1) is 19.2. The summed E-state index contributed by atoms with van der Waals surface area (Å²) >= 11 is 1.57. The van der Waals surface area contributed by atoms with E-state index in [9.17, 15) is 9.59 Å². The summed E-state index contributed by atoms with van der Waals surface area (Å²) in [5, 5.41) is 4.95. The third kappa shape index (κ3) is 4.17. The lowest BCUT2D eigenvalue weighted by Crippen LogP contribution is -2.33. The number of thiophene rings is 1. The lowest BCUT2D eigenvalue weighted by molar-refractivity contribution is -0.122. The molecule has 6 heteroatoms. The predicted molar refractivity (Wildman–Crippen MR) is 113 cm³/mol. The number of benzene rings is 2. The zero-order valence-corrected chi connectivity index (χ0v) is 16.9. The molecular formula is C23H22N2O3S. The first-order valence-corrected chi connectivity index (χ1v) is 10.4. The van der Waals surface area contributed by atoms with Gasteiger partial charge in [-0.3, -0.25) is 9.59 Å². The third-order valence-electron chi connectivity index (χ3n) is 5.12. The maximum Gasteiger partial charge on any atom is 0.255 e. The number of fused-ring (bicyclic) bond motifs is 1. The van der Waals surface area contributed by atoms with E-state index in [2.05, 4.69) is 5.32 Å². The van der Waals surface area contributed by atoms with Crippen LogP contribution in [-0.2, 0) is 17.9 Å². The molecule has 1 aliphatic rings. The molecule has 2 heterocycles. The van der Waals surface area contributed by atoms with Gasteiger partial charge >= 0.3 is 0 Å². The minimum Gasteiger partial charge on any atom is -0.497 e. The molecule has 4 rings (SSSR count). The van der Waals surface area contributed by atoms with Crippen molar-refractivity contribution in [3.63, 3.8) is 0 Å². The molecule has 0 saturated carbocycles. The first-order chi connectivity index (χ1) is 14.2. The van der Waals surface area contributed by atoms with Crippen LogP contribution >= 0.6 is 11.3 Å². The van der Waals surface area contributed by atoms with Crippen molar-refractivity contribution in [3.05, 3.63) is 87.6 Å². The Hall–Kier alpha value is -3.12. The molecule has 1 aliphatic heterocycles. The number of carbonyl (C=O) groups excluding carboxylic acids is 2. The lowest BCUT2D eigenvalue weighted by Gasteiger charge is -2.26. The van der Waals surface area contributed by atoms with Crippen LogP contribution in [0.2, 0.25) is 0 Å². The van der Waals surface area contributed by atoms with E-state index in [1.165, 1.54) is 0 Å². The highest BCUT2D eigenvalue weighted by molar-refractivity contribution is 7.10. The Morgan fingerprint density at radius 1 is 1.14 bits per heavy atom. The number of ether oxygens (including phenoxy) is 1. The van der Waals surface area contributed by atoms with Crippen LogP contribution < -0.4 is 10.1 Å². The number of hydrogen-bond acceptors (Lipinski definition) is 4. The van der Waals surface area contributed by atoms with Crippen molar-refractivity contribution in [1.82, 2.24) is 10.2 Å². The quantitative estimate of drug-likeness (QED) is 0.641. The van der Waals surface area contributed by atoms with E-state index < -0.39 is 0 Å². The summed E-state index contributed by atoms with van der Waals surface area (Å²) in [7, 11) is 1.62. The molecule has 0 aliphatic carbocycles. The summed E-state index contributed by atoms with van der Waals surface area (Å²) in [6.07, 6.45) is 0.233. The normalized spacial score (nSPS) is 13.8. The van der Waals surface area contributed by atoms with E-state index in [0.717, 1.165) is 27.3 Å². The topological polar surface area (TPSA) is 58.6 Å². The fraction of sp³-hybridized carbons (Fsp3) is 0.217. The van der Waals surface area contributed by atoms with Crippen molar-refractivity contribution in [3.8, 4) is 5.75 Å². The van der Waals surface area contributed by atoms with Crippen LogP contribution in [-0.4, -0.2) is 23.8 Å². The van der Waals surface area contributed by atoms with Crippen molar-refractivity contribution < 1.29 is 14.3 Å². The number of amides is 2. The van der Waals surface area contributed by atoms with Gasteiger partial charge in [0.1, 0.15) is 5.75 Å². The van der Waals surface area contributed by atoms with Crippen molar-refractivity contribution in [2.45, 2.75) is 25.6 Å². The highest BCUT2D eigenvalue weighted by Crippen LogP contribution is 2.35. The van der Waals surface area contributed by atoms with Gasteiger partial charge in [-0.15, -0.1) is 11.3 Å². The number of nitrogens with zero attached hydrogens (tertiary/aromatic N) is 1. The Morgan fingerprint density at radius 3 is 2.62 bits per heavy atom. The van der Waals surface area contributed by atoms with Crippen molar-refractivity contribution >= 4 is 23.2 Å². The van der Waals surface area contributed by atoms with E-state index in [-0.39, 0.29) is 24.3 Å². The van der Waals surface area contributed by atoms with Gasteiger partial charge in [0, 0.05) is 23.5 Å². The molecule has 0 saturated heterocycles. The number of methoxy groups -OCH3 is 1. The summed E-state index contributed by atoms with van der Waals surface area (Å²) in [6.45, 7) is 0.970. The Kier molecular flexibility index (Phi) is 5.62. The van der Waals surface area contributed by atoms with E-state index in [0.29, 0.717) is 13.1 Å². The second-order valence-corrected chi connectivity index (χ2v) is 7.93. The van der Waals surface area contributed by atoms with Crippen molar-refractivity contribution in [2.75, 3.05) is 7.11 Å². The van der Waals surface area contributed by atoms with Gasteiger partial charge in [0.2, 0.25) is 5.91 Å². The second-order valence-electron chi connectivity index (χ2n) is 6.95. The van der Waals surface area contributed by atoms with Crippen LogP contribution in [0.3, 0.4) is 0 Å². The number of rotatable bonds is 7. The molecule has 29 heavy (non-hydrogen) atoms. The molecule has 0 radical (unpaired) electrons. The zero-order valence-electron chi connectivity index (χ0n) is 16.1. The molecule has 0 fully saturated rings. The molecule has 2 aromatic carbocycles. The Labute approximate surface area is 173 Å². The molecule has 1 N–H and O–H groups in total. The molecule has 3 aromatic rings. The number of carbonyl (C=O) groups is 2. The smallest absolute Gasteiger partial charge is 0.255 e. The molecule has 1 unspecified atom stereocenters. The maximum atomic E-state index is 12.9. The van der Waals surface area contributed by atoms with Gasteiger partial charge in [0.25, 0.3) is 5.91 Å². The fourth-order valence-electron chi connectivity index (χ4n) is 3.57. The monoisotopic (exact) mass is 406 g/mol. The van der Waals surface area contributed by atoms with Crippen molar-refractivity contribution in [1.29, 1.82) is 0 Å². The predicted octanol–water partition coefficient (Wildman–Crippen LogP) is 4.16. The first-order valence-electron chi connectivity index (χ1n) is 9.47. The van der Waals surface area contributed by atoms with E-state index >= 15 is 0 Å². The van der Waals surface area contributed by atoms with Gasteiger partial charge in [0.05, 0.1) is 19.6 Å². The Bertz CT molecular complexity index is 999. The van der Waals surface area contributed by atoms with Crippen LogP contribution in [0, 0.1) is 0 Å². The third-order valence-corrected chi connectivity index (χ3v) is 6.10. The Balaban J connectivity index is 1.45. The largest absolute Gasteiger partial charge is 0.497 e. The van der Waals surface area contributed by atoms with Crippen LogP contribution in [0.15, 0.2) is 66.0 Å². The van der Waals surface area contributed by atoms with Crippen LogP contribution in [0.25, 0.3) is 0 Å². The van der Waals surface area contributed by atoms with E-state index in [1.807, 2.05) is 70.9 Å². The van der Waals surface area contributed by atoms with Crippen LogP contribution in [0.1, 0.15) is 38.8 Å². The van der Waals surface area contributed by atoms with Crippen LogP contribution in [0.5, 0.6) is 5.75 Å². The van der Waals surface area contributed by atoms with Gasteiger partial charge in [-0.2, -0.15) is 0 Å². The van der Waals surface area contributed by atoms with Gasteiger partial charge < -0.3 is 15.0 Å². The SMILES string of the molecule is COc1ccc(CNC(=O)CC(c2cccs2)N2Cc3ccccc3C2=O)cc1. The van der Waals surface area contributed by atoms with Gasteiger partial charge in [-0.1, -0.05) is 36.4 Å². The average Bonchev–Trinajstić information content (AvgIpc) is 3.40. The summed E-state index contributed by atoms with van der Waals surface area (Å²) in [5.41, 5.74) is 2.74. The van der Waals surface area contributed by atoms with Gasteiger partial charge in [0.15, 0.2) is 0 Å². The van der Waals surface area contributed by atoms with Crippen molar-refractivity contribution in [2.24, 2.45) is 0 Å². The van der Waals surface area contributed by atoms with E-state index in [1.54, 1.807) is 18.4 Å². The van der Waals surface area contributed by atoms with Gasteiger partial charge in [-0.05, 0) is 40.8 Å². The molecule has 2 amide bonds. The average molecular weight is 407 g/mol. The molecule has 1 aromatic heterocycles. The summed E-state index contributed by atoms with van der Waals surface area (Å²) in [5.74, 6) is 0.690. The molecule has 0 bridgehead atoms. The lowest BCUT2D eigenvalue weighted by atomic mass is 10.1. The molecule has 148 valence electrons. The molecular weight excluding hydrogens is 384 g/mol. The van der Waals surface area contributed by atoms with E-state index in [4.69, 9.17) is 4.74 Å². The molecule has 0 spiro atoms. The minimum absolute atomic E-state index is 0.0121. The zero-order chi connectivity index (χ0) is 20.2. The molecule has 1 atom stereocenters. The highest BCUT2D eigenvalue weighted by atomic mass is 32.1.